The first-order valence-electron chi connectivity index (χ1n) is 8.67. The normalized spacial score (nSPS) is 16.1. The highest BCUT2D eigenvalue weighted by Crippen LogP contribution is 2.16. The van der Waals surface area contributed by atoms with Crippen LogP contribution < -0.4 is 0 Å². The van der Waals surface area contributed by atoms with Crippen molar-refractivity contribution in [3.8, 4) is 0 Å². The maximum Gasteiger partial charge on any atom is 0.186 e. The standard InChI is InChI=1S/C20H26O7/c21-11-16(22)17(23)18(24)19(25)20(26-12-14-7-3-1-4-8-14)27-13-15-9-5-2-6-10-15/h1-10,16-25H,11-13H2. The average Bonchev–Trinajstić information content (AvgIpc) is 2.73. The molecule has 148 valence electrons. The Labute approximate surface area is 158 Å². The second-order valence-electron chi connectivity index (χ2n) is 6.18. The minimum Gasteiger partial charge on any atom is -0.394 e. The summed E-state index contributed by atoms with van der Waals surface area (Å²) in [5.74, 6) is 0. The van der Waals surface area contributed by atoms with Crippen LogP contribution in [0.1, 0.15) is 11.1 Å². The topological polar surface area (TPSA) is 120 Å². The van der Waals surface area contributed by atoms with Gasteiger partial charge in [0.2, 0.25) is 0 Å². The fourth-order valence-electron chi connectivity index (χ4n) is 2.45. The van der Waals surface area contributed by atoms with Crippen LogP contribution in [-0.4, -0.2) is 62.8 Å². The molecule has 0 aliphatic carbocycles. The van der Waals surface area contributed by atoms with E-state index in [0.717, 1.165) is 11.1 Å². The van der Waals surface area contributed by atoms with Gasteiger partial charge in [-0.05, 0) is 11.1 Å². The Kier molecular flexibility index (Phi) is 8.83. The molecule has 4 unspecified atom stereocenters. The summed E-state index contributed by atoms with van der Waals surface area (Å²) in [6.07, 6.45) is -8.04. The van der Waals surface area contributed by atoms with Crippen LogP contribution in [0.15, 0.2) is 60.7 Å². The van der Waals surface area contributed by atoms with Gasteiger partial charge in [0.1, 0.15) is 24.4 Å². The van der Waals surface area contributed by atoms with Gasteiger partial charge in [0.25, 0.3) is 0 Å². The molecule has 0 amide bonds. The van der Waals surface area contributed by atoms with Crippen LogP contribution in [0.3, 0.4) is 0 Å². The van der Waals surface area contributed by atoms with E-state index in [1.165, 1.54) is 0 Å². The second kappa shape index (κ2) is 11.1. The van der Waals surface area contributed by atoms with Gasteiger partial charge in [0.15, 0.2) is 6.29 Å². The van der Waals surface area contributed by atoms with Gasteiger partial charge in [-0.2, -0.15) is 0 Å². The van der Waals surface area contributed by atoms with Crippen LogP contribution in [0.5, 0.6) is 0 Å². The molecule has 0 aliphatic heterocycles. The summed E-state index contributed by atoms with van der Waals surface area (Å²) < 4.78 is 11.2. The predicted molar refractivity (Wildman–Crippen MR) is 97.4 cm³/mol. The first-order valence-corrected chi connectivity index (χ1v) is 8.67. The molecule has 2 aromatic carbocycles. The van der Waals surface area contributed by atoms with Crippen LogP contribution in [0.25, 0.3) is 0 Å². The highest BCUT2D eigenvalue weighted by atomic mass is 16.7. The largest absolute Gasteiger partial charge is 0.394 e. The molecule has 2 rings (SSSR count). The lowest BCUT2D eigenvalue weighted by Gasteiger charge is -2.31. The van der Waals surface area contributed by atoms with E-state index in [0.29, 0.717) is 0 Å². The van der Waals surface area contributed by atoms with Crippen molar-refractivity contribution in [2.24, 2.45) is 0 Å². The molecule has 0 aromatic heterocycles. The highest BCUT2D eigenvalue weighted by Gasteiger charge is 2.36. The Bertz CT molecular complexity index is 594. The summed E-state index contributed by atoms with van der Waals surface area (Å²) in [4.78, 5) is 0. The number of ether oxygens (including phenoxy) is 2. The third kappa shape index (κ3) is 6.67. The van der Waals surface area contributed by atoms with Crippen molar-refractivity contribution in [3.63, 3.8) is 0 Å². The van der Waals surface area contributed by atoms with Crippen molar-refractivity contribution < 1.29 is 35.0 Å². The van der Waals surface area contributed by atoms with Gasteiger partial charge in [-0.15, -0.1) is 0 Å². The Balaban J connectivity index is 2.04. The minimum absolute atomic E-state index is 0.114. The lowest BCUT2D eigenvalue weighted by Crippen LogP contribution is -2.51. The zero-order chi connectivity index (χ0) is 19.6. The monoisotopic (exact) mass is 378 g/mol. The molecule has 0 spiro atoms. The van der Waals surface area contributed by atoms with Gasteiger partial charge in [-0.1, -0.05) is 60.7 Å². The molecule has 7 nitrogen and oxygen atoms in total. The molecular weight excluding hydrogens is 352 g/mol. The first kappa shape index (κ1) is 21.5. The van der Waals surface area contributed by atoms with Crippen LogP contribution in [0.4, 0.5) is 0 Å². The number of benzene rings is 2. The summed E-state index contributed by atoms with van der Waals surface area (Å²) in [5, 5.41) is 48.8. The number of aliphatic hydroxyl groups excluding tert-OH is 5. The maximum atomic E-state index is 10.4. The Morgan fingerprint density at radius 3 is 1.48 bits per heavy atom. The Hall–Kier alpha value is -1.84. The number of aliphatic hydroxyl groups is 5. The summed E-state index contributed by atoms with van der Waals surface area (Å²) >= 11 is 0. The van der Waals surface area contributed by atoms with Crippen molar-refractivity contribution in [2.75, 3.05) is 6.61 Å². The van der Waals surface area contributed by atoms with Crippen LogP contribution in [0, 0.1) is 0 Å². The quantitative estimate of drug-likeness (QED) is 0.354. The fraction of sp³-hybridized carbons (Fsp3) is 0.400. The molecule has 0 saturated carbocycles. The van der Waals surface area contributed by atoms with Crippen LogP contribution in [0.2, 0.25) is 0 Å². The van der Waals surface area contributed by atoms with Crippen molar-refractivity contribution >= 4 is 0 Å². The van der Waals surface area contributed by atoms with Crippen molar-refractivity contribution in [3.05, 3.63) is 71.8 Å². The third-order valence-electron chi connectivity index (χ3n) is 4.07. The molecule has 0 saturated heterocycles. The van der Waals surface area contributed by atoms with Gasteiger partial charge in [0.05, 0.1) is 19.8 Å². The van der Waals surface area contributed by atoms with Gasteiger partial charge < -0.3 is 35.0 Å². The molecule has 0 aliphatic rings. The first-order chi connectivity index (χ1) is 13.0. The molecular formula is C20H26O7. The van der Waals surface area contributed by atoms with Crippen molar-refractivity contribution in [2.45, 2.75) is 43.9 Å². The zero-order valence-corrected chi connectivity index (χ0v) is 14.8. The van der Waals surface area contributed by atoms with E-state index >= 15 is 0 Å². The Morgan fingerprint density at radius 1 is 0.630 bits per heavy atom. The van der Waals surface area contributed by atoms with E-state index in [9.17, 15) is 20.4 Å². The maximum absolute atomic E-state index is 10.4. The number of hydrogen-bond acceptors (Lipinski definition) is 7. The molecule has 27 heavy (non-hydrogen) atoms. The molecule has 0 radical (unpaired) electrons. The summed E-state index contributed by atoms with van der Waals surface area (Å²) in [6, 6.07) is 18.4. The van der Waals surface area contributed by atoms with E-state index in [1.807, 2.05) is 60.7 Å². The molecule has 2 aromatic rings. The summed E-state index contributed by atoms with van der Waals surface area (Å²) in [7, 11) is 0. The lowest BCUT2D eigenvalue weighted by molar-refractivity contribution is -0.240. The third-order valence-corrected chi connectivity index (χ3v) is 4.07. The molecule has 0 fully saturated rings. The van der Waals surface area contributed by atoms with Crippen molar-refractivity contribution in [1.82, 2.24) is 0 Å². The summed E-state index contributed by atoms with van der Waals surface area (Å²) in [6.45, 7) is -0.531. The fourth-order valence-corrected chi connectivity index (χ4v) is 2.45. The van der Waals surface area contributed by atoms with E-state index in [2.05, 4.69) is 0 Å². The van der Waals surface area contributed by atoms with Gasteiger partial charge in [-0.3, -0.25) is 0 Å². The lowest BCUT2D eigenvalue weighted by atomic mass is 10.0. The van der Waals surface area contributed by atoms with Gasteiger partial charge in [-0.25, -0.2) is 0 Å². The van der Waals surface area contributed by atoms with Gasteiger partial charge >= 0.3 is 0 Å². The average molecular weight is 378 g/mol. The Morgan fingerprint density at radius 2 is 1.07 bits per heavy atom. The summed E-state index contributed by atoms with van der Waals surface area (Å²) in [5.41, 5.74) is 1.67. The zero-order valence-electron chi connectivity index (χ0n) is 14.8. The molecule has 5 N–H and O–H groups in total. The van der Waals surface area contributed by atoms with Gasteiger partial charge in [0, 0.05) is 0 Å². The van der Waals surface area contributed by atoms with E-state index in [4.69, 9.17) is 14.6 Å². The number of hydrogen-bond donors (Lipinski definition) is 5. The van der Waals surface area contributed by atoms with Crippen LogP contribution >= 0.6 is 0 Å². The molecule has 7 heteroatoms. The van der Waals surface area contributed by atoms with E-state index < -0.39 is 37.3 Å². The molecule has 0 bridgehead atoms. The smallest absolute Gasteiger partial charge is 0.186 e. The van der Waals surface area contributed by atoms with E-state index in [1.54, 1.807) is 0 Å². The van der Waals surface area contributed by atoms with Crippen molar-refractivity contribution in [1.29, 1.82) is 0 Å². The second-order valence-corrected chi connectivity index (χ2v) is 6.18. The minimum atomic E-state index is -1.77. The molecule has 0 heterocycles. The van der Waals surface area contributed by atoms with Crippen LogP contribution in [-0.2, 0) is 22.7 Å². The molecule has 4 atom stereocenters. The predicted octanol–water partition coefficient (Wildman–Crippen LogP) is 0.182. The van der Waals surface area contributed by atoms with E-state index in [-0.39, 0.29) is 13.2 Å². The number of rotatable bonds is 11. The highest BCUT2D eigenvalue weighted by molar-refractivity contribution is 5.14. The SMILES string of the molecule is OCC(O)C(O)C(O)C(O)C(OCc1ccccc1)OCc1ccccc1.